The summed E-state index contributed by atoms with van der Waals surface area (Å²) in [6.07, 6.45) is 11.1. The van der Waals surface area contributed by atoms with Gasteiger partial charge in [0.1, 0.15) is 24.5 Å². The van der Waals surface area contributed by atoms with E-state index in [1.54, 1.807) is 6.07 Å². The Balaban J connectivity index is 1.45. The number of carbonyl (C=O) groups excluding carboxylic acids is 1. The molecule has 4 nitrogen and oxygen atoms in total. The van der Waals surface area contributed by atoms with Gasteiger partial charge in [-0.2, -0.15) is 0 Å². The zero-order valence-corrected chi connectivity index (χ0v) is 21.6. The quantitative estimate of drug-likeness (QED) is 0.260. The van der Waals surface area contributed by atoms with Crippen LogP contribution in [0, 0.1) is 23.6 Å². The van der Waals surface area contributed by atoms with E-state index >= 15 is 0 Å². The standard InChI is InChI=1S/C31H37FN2O2/c1-6-26-23(15-28-29(17-35)31(26)28)13-21(5)36-18-24-14-22(8-10-30(24)32)27(19(2)3)9-7-20(4)34-12-11-25(33)16-34/h6-10,13-14,17,25,28-29,31H,2,5,11-12,15-16,18,33H2,1,3-4H3/b20-7+,23-13-,26-6+,27-9+. The van der Waals surface area contributed by atoms with Gasteiger partial charge in [-0.05, 0) is 92.0 Å². The molecule has 4 atom stereocenters. The van der Waals surface area contributed by atoms with Crippen molar-refractivity contribution in [3.8, 4) is 0 Å². The summed E-state index contributed by atoms with van der Waals surface area (Å²) >= 11 is 0. The molecule has 5 heteroatoms. The van der Waals surface area contributed by atoms with Crippen molar-refractivity contribution in [3.63, 3.8) is 0 Å². The van der Waals surface area contributed by atoms with E-state index in [9.17, 15) is 9.18 Å². The number of hydrogen-bond donors (Lipinski definition) is 1. The Hall–Kier alpha value is -3.18. The van der Waals surface area contributed by atoms with E-state index in [0.29, 0.717) is 23.2 Å². The first kappa shape index (κ1) is 25.9. The number of fused-ring (bicyclic) bond motifs is 1. The lowest BCUT2D eigenvalue weighted by Gasteiger charge is -2.18. The summed E-state index contributed by atoms with van der Waals surface area (Å²) < 4.78 is 20.5. The molecule has 0 bridgehead atoms. The normalized spacial score (nSPS) is 28.0. The number of hydrogen-bond acceptors (Lipinski definition) is 4. The molecule has 4 unspecified atom stereocenters. The van der Waals surface area contributed by atoms with Gasteiger partial charge in [0.2, 0.25) is 0 Å². The molecule has 1 aromatic rings. The predicted octanol–water partition coefficient (Wildman–Crippen LogP) is 6.09. The maximum Gasteiger partial charge on any atom is 0.129 e. The number of allylic oxidation sites excluding steroid dienone is 9. The minimum absolute atomic E-state index is 0.0846. The molecule has 0 amide bonds. The van der Waals surface area contributed by atoms with Gasteiger partial charge in [-0.15, -0.1) is 0 Å². The predicted molar refractivity (Wildman–Crippen MR) is 144 cm³/mol. The minimum Gasteiger partial charge on any atom is -0.489 e. The van der Waals surface area contributed by atoms with Gasteiger partial charge in [0.25, 0.3) is 0 Å². The molecule has 1 aromatic carbocycles. The summed E-state index contributed by atoms with van der Waals surface area (Å²) in [5, 5.41) is 0. The van der Waals surface area contributed by atoms with Crippen LogP contribution in [-0.2, 0) is 16.1 Å². The maximum atomic E-state index is 14.7. The Labute approximate surface area is 214 Å². The van der Waals surface area contributed by atoms with Gasteiger partial charge >= 0.3 is 0 Å². The summed E-state index contributed by atoms with van der Waals surface area (Å²) in [7, 11) is 0. The fourth-order valence-corrected chi connectivity index (χ4v) is 5.55. The third-order valence-electron chi connectivity index (χ3n) is 7.66. The molecule has 2 aliphatic carbocycles. The van der Waals surface area contributed by atoms with Crippen LogP contribution in [0.2, 0.25) is 0 Å². The second-order valence-corrected chi connectivity index (χ2v) is 10.2. The molecule has 0 aromatic heterocycles. The second kappa shape index (κ2) is 10.8. The fourth-order valence-electron chi connectivity index (χ4n) is 5.55. The Bertz CT molecular complexity index is 1190. The second-order valence-electron chi connectivity index (χ2n) is 10.2. The molecule has 190 valence electrons. The van der Waals surface area contributed by atoms with E-state index in [1.165, 1.54) is 17.2 Å². The molecular weight excluding hydrogens is 451 g/mol. The number of halogens is 1. The molecule has 1 heterocycles. The number of rotatable bonds is 9. The third kappa shape index (κ3) is 5.46. The van der Waals surface area contributed by atoms with E-state index in [0.717, 1.165) is 54.6 Å². The number of nitrogens with zero attached hydrogens (tertiary/aromatic N) is 1. The smallest absolute Gasteiger partial charge is 0.129 e. The molecule has 4 rings (SSSR count). The van der Waals surface area contributed by atoms with Crippen LogP contribution < -0.4 is 5.73 Å². The summed E-state index contributed by atoms with van der Waals surface area (Å²) in [4.78, 5) is 13.5. The molecule has 0 radical (unpaired) electrons. The lowest BCUT2D eigenvalue weighted by atomic mass is 9.97. The molecule has 3 fully saturated rings. The fraction of sp³-hybridized carbons (Fsp3) is 0.387. The Kier molecular flexibility index (Phi) is 7.79. The Morgan fingerprint density at radius 2 is 2.06 bits per heavy atom. The topological polar surface area (TPSA) is 55.6 Å². The summed E-state index contributed by atoms with van der Waals surface area (Å²) in [6, 6.07) is 5.30. The highest BCUT2D eigenvalue weighted by atomic mass is 19.1. The highest BCUT2D eigenvalue weighted by Crippen LogP contribution is 2.61. The average Bonchev–Trinajstić information content (AvgIpc) is 3.14. The monoisotopic (exact) mass is 488 g/mol. The van der Waals surface area contributed by atoms with E-state index in [1.807, 2.05) is 32.1 Å². The highest BCUT2D eigenvalue weighted by Gasteiger charge is 2.56. The SMILES string of the molecule is C=C(/C=C1/CC2C(C=O)C2/C1=C/C)OCc1cc(/C(=C/C=C(\C)N2CCC(N)C2)C(=C)C)ccc1F. The van der Waals surface area contributed by atoms with Crippen molar-refractivity contribution < 1.29 is 13.9 Å². The average molecular weight is 489 g/mol. The van der Waals surface area contributed by atoms with E-state index < -0.39 is 0 Å². The van der Waals surface area contributed by atoms with Crippen molar-refractivity contribution in [2.24, 2.45) is 23.5 Å². The first-order chi connectivity index (χ1) is 17.2. The van der Waals surface area contributed by atoms with Crippen LogP contribution in [0.1, 0.15) is 44.7 Å². The molecule has 2 N–H and O–H groups in total. The molecule has 1 saturated heterocycles. The van der Waals surface area contributed by atoms with E-state index in [2.05, 4.69) is 37.1 Å². The van der Waals surface area contributed by atoms with Crippen molar-refractivity contribution in [2.45, 2.75) is 46.3 Å². The molecule has 2 saturated carbocycles. The van der Waals surface area contributed by atoms with E-state index in [-0.39, 0.29) is 24.4 Å². The van der Waals surface area contributed by atoms with Crippen LogP contribution in [0.25, 0.3) is 5.57 Å². The van der Waals surface area contributed by atoms with Gasteiger partial charge in [-0.1, -0.05) is 36.9 Å². The minimum atomic E-state index is -0.317. The first-order valence-corrected chi connectivity index (χ1v) is 12.7. The van der Waals surface area contributed by atoms with Crippen molar-refractivity contribution in [2.75, 3.05) is 13.1 Å². The van der Waals surface area contributed by atoms with Crippen LogP contribution in [0.3, 0.4) is 0 Å². The van der Waals surface area contributed by atoms with Crippen molar-refractivity contribution in [1.29, 1.82) is 0 Å². The van der Waals surface area contributed by atoms with Gasteiger partial charge in [0, 0.05) is 36.3 Å². The number of nitrogens with two attached hydrogens (primary N) is 1. The molecule has 0 spiro atoms. The lowest BCUT2D eigenvalue weighted by molar-refractivity contribution is -0.109. The molecule has 3 aliphatic rings. The van der Waals surface area contributed by atoms with Crippen LogP contribution in [0.4, 0.5) is 4.39 Å². The van der Waals surface area contributed by atoms with Gasteiger partial charge in [0.15, 0.2) is 0 Å². The lowest BCUT2D eigenvalue weighted by Crippen LogP contribution is -2.25. The summed E-state index contributed by atoms with van der Waals surface area (Å²) in [5.41, 5.74) is 12.8. The maximum absolute atomic E-state index is 14.7. The Morgan fingerprint density at radius 3 is 2.69 bits per heavy atom. The first-order valence-electron chi connectivity index (χ1n) is 12.7. The van der Waals surface area contributed by atoms with Gasteiger partial charge in [0.05, 0.1) is 0 Å². The summed E-state index contributed by atoms with van der Waals surface area (Å²) in [5.74, 6) is 1.09. The molecular formula is C31H37FN2O2. The van der Waals surface area contributed by atoms with Crippen molar-refractivity contribution in [1.82, 2.24) is 4.90 Å². The molecule has 1 aliphatic heterocycles. The number of carbonyl (C=O) groups is 1. The Morgan fingerprint density at radius 1 is 1.28 bits per heavy atom. The van der Waals surface area contributed by atoms with Crippen LogP contribution in [0.5, 0.6) is 0 Å². The van der Waals surface area contributed by atoms with Crippen LogP contribution in [-0.4, -0.2) is 30.3 Å². The number of benzene rings is 1. The zero-order valence-electron chi connectivity index (χ0n) is 21.6. The summed E-state index contributed by atoms with van der Waals surface area (Å²) in [6.45, 7) is 16.1. The van der Waals surface area contributed by atoms with Gasteiger partial charge in [-0.25, -0.2) is 4.39 Å². The van der Waals surface area contributed by atoms with Crippen LogP contribution >= 0.6 is 0 Å². The van der Waals surface area contributed by atoms with Gasteiger partial charge in [-0.3, -0.25) is 0 Å². The van der Waals surface area contributed by atoms with E-state index in [4.69, 9.17) is 10.5 Å². The van der Waals surface area contributed by atoms with Crippen molar-refractivity contribution in [3.05, 3.63) is 101 Å². The zero-order chi connectivity index (χ0) is 26.0. The number of aldehydes is 1. The van der Waals surface area contributed by atoms with Gasteiger partial charge < -0.3 is 20.2 Å². The largest absolute Gasteiger partial charge is 0.489 e. The molecule has 36 heavy (non-hydrogen) atoms. The van der Waals surface area contributed by atoms with Crippen molar-refractivity contribution >= 4 is 11.9 Å². The highest BCUT2D eigenvalue weighted by molar-refractivity contribution is 5.79. The third-order valence-corrected chi connectivity index (χ3v) is 7.66. The number of ether oxygens (including phenoxy) is 1. The van der Waals surface area contributed by atoms with Crippen LogP contribution in [0.15, 0.2) is 83.8 Å². The number of likely N-dealkylation sites (tertiary alicyclic amines) is 1.